The van der Waals surface area contributed by atoms with E-state index in [2.05, 4.69) is 22.9 Å². The molecule has 0 spiro atoms. The van der Waals surface area contributed by atoms with Gasteiger partial charge in [-0.05, 0) is 44.5 Å². The lowest BCUT2D eigenvalue weighted by molar-refractivity contribution is -0.168. The van der Waals surface area contributed by atoms with Gasteiger partial charge in [0, 0.05) is 49.7 Å². The minimum absolute atomic E-state index is 0.0597. The quantitative estimate of drug-likeness (QED) is 0.863. The highest BCUT2D eigenvalue weighted by atomic mass is 16.7. The molecule has 2 saturated heterocycles. The molecule has 0 radical (unpaired) electrons. The fraction of sp³-hybridized carbons (Fsp3) is 0.647. The Hall–Kier alpha value is -1.30. The van der Waals surface area contributed by atoms with E-state index in [1.165, 1.54) is 17.7 Å². The Morgan fingerprint density at radius 1 is 1.23 bits per heavy atom. The number of likely N-dealkylation sites (N-methyl/N-ethyl adjacent to an activating group) is 1. The van der Waals surface area contributed by atoms with Crippen molar-refractivity contribution in [3.63, 3.8) is 0 Å². The molecule has 0 aromatic heterocycles. The van der Waals surface area contributed by atoms with Gasteiger partial charge in [-0.3, -0.25) is 0 Å². The monoisotopic (exact) mass is 305 g/mol. The van der Waals surface area contributed by atoms with Gasteiger partial charge in [-0.2, -0.15) is 0 Å². The van der Waals surface area contributed by atoms with Gasteiger partial charge in [0.1, 0.15) is 0 Å². The van der Waals surface area contributed by atoms with E-state index < -0.39 is 0 Å². The molecule has 2 N–H and O–H groups in total. The summed E-state index contributed by atoms with van der Waals surface area (Å²) in [6, 6.07) is 6.14. The molecule has 1 aromatic carbocycles. The maximum Gasteiger partial charge on any atom is 0.158 e. The van der Waals surface area contributed by atoms with Crippen molar-refractivity contribution < 1.29 is 9.47 Å². The summed E-state index contributed by atoms with van der Waals surface area (Å²) >= 11 is 0. The van der Waals surface area contributed by atoms with Crippen LogP contribution in [0, 0.1) is 0 Å². The van der Waals surface area contributed by atoms with E-state index in [9.17, 15) is 0 Å². The lowest BCUT2D eigenvalue weighted by atomic mass is 10.1. The number of hydrogen-bond acceptors (Lipinski definition) is 5. The zero-order valence-corrected chi connectivity index (χ0v) is 13.5. The third-order valence-corrected chi connectivity index (χ3v) is 4.51. The molecule has 22 heavy (non-hydrogen) atoms. The van der Waals surface area contributed by atoms with Gasteiger partial charge >= 0.3 is 0 Å². The zero-order chi connectivity index (χ0) is 15.4. The summed E-state index contributed by atoms with van der Waals surface area (Å²) < 4.78 is 11.6. The summed E-state index contributed by atoms with van der Waals surface area (Å²) in [5, 5.41) is 0. The molecule has 3 rings (SSSR count). The molecule has 0 aliphatic carbocycles. The average Bonchev–Trinajstić information content (AvgIpc) is 2.55. The number of anilines is 2. The second kappa shape index (κ2) is 7.31. The second-order valence-electron chi connectivity index (χ2n) is 6.29. The Kier molecular flexibility index (Phi) is 5.18. The maximum absolute atomic E-state index is 5.97. The molecule has 2 aliphatic rings. The maximum atomic E-state index is 5.97. The van der Waals surface area contributed by atoms with Crippen LogP contribution in [0.4, 0.5) is 11.4 Å². The summed E-state index contributed by atoms with van der Waals surface area (Å²) in [5.74, 6) is 0. The first-order chi connectivity index (χ1) is 10.7. The zero-order valence-electron chi connectivity index (χ0n) is 13.5. The van der Waals surface area contributed by atoms with Crippen LogP contribution in [0.3, 0.4) is 0 Å². The van der Waals surface area contributed by atoms with Crippen molar-refractivity contribution in [1.82, 2.24) is 4.90 Å². The van der Waals surface area contributed by atoms with Gasteiger partial charge in [0.15, 0.2) is 6.29 Å². The molecule has 5 heteroatoms. The molecule has 0 saturated carbocycles. The van der Waals surface area contributed by atoms with E-state index >= 15 is 0 Å². The topological polar surface area (TPSA) is 51.0 Å². The summed E-state index contributed by atoms with van der Waals surface area (Å²) in [4.78, 5) is 4.79. The summed E-state index contributed by atoms with van der Waals surface area (Å²) in [6.45, 7) is 5.66. The predicted molar refractivity (Wildman–Crippen MR) is 88.9 cm³/mol. The molecule has 2 aliphatic heterocycles. The second-order valence-corrected chi connectivity index (χ2v) is 6.29. The summed E-state index contributed by atoms with van der Waals surface area (Å²) in [7, 11) is 2.17. The highest BCUT2D eigenvalue weighted by Gasteiger charge is 2.19. The minimum atomic E-state index is -0.0597. The van der Waals surface area contributed by atoms with Gasteiger partial charge in [0.05, 0.1) is 6.61 Å². The third-order valence-electron chi connectivity index (χ3n) is 4.51. The van der Waals surface area contributed by atoms with E-state index in [1.54, 1.807) is 0 Å². The smallest absolute Gasteiger partial charge is 0.158 e. The Labute approximate surface area is 133 Å². The van der Waals surface area contributed by atoms with Crippen LogP contribution in [0.25, 0.3) is 0 Å². The molecule has 1 unspecified atom stereocenters. The highest BCUT2D eigenvalue weighted by molar-refractivity contribution is 5.59. The van der Waals surface area contributed by atoms with Gasteiger partial charge in [-0.15, -0.1) is 0 Å². The standard InChI is InChI=1S/C17H27N3O2/c1-19-7-9-20(10-8-19)16-6-5-15(18)12-14(16)13-22-17-4-2-3-11-21-17/h5-6,12,17H,2-4,7-11,13,18H2,1H3. The van der Waals surface area contributed by atoms with Gasteiger partial charge in [-0.25, -0.2) is 0 Å². The van der Waals surface area contributed by atoms with Crippen molar-refractivity contribution >= 4 is 11.4 Å². The van der Waals surface area contributed by atoms with Gasteiger partial charge in [0.25, 0.3) is 0 Å². The number of hydrogen-bond donors (Lipinski definition) is 1. The van der Waals surface area contributed by atoms with E-state index in [4.69, 9.17) is 15.2 Å². The summed E-state index contributed by atoms with van der Waals surface area (Å²) in [6.07, 6.45) is 3.26. The minimum Gasteiger partial charge on any atom is -0.399 e. The number of ether oxygens (including phenoxy) is 2. The first-order valence-electron chi connectivity index (χ1n) is 8.27. The lowest BCUT2D eigenvalue weighted by Crippen LogP contribution is -2.44. The first-order valence-corrected chi connectivity index (χ1v) is 8.27. The molecule has 1 atom stereocenters. The third kappa shape index (κ3) is 3.91. The molecule has 2 fully saturated rings. The predicted octanol–water partition coefficient (Wildman–Crippen LogP) is 2.06. The Balaban J connectivity index is 1.67. The Morgan fingerprint density at radius 2 is 2.05 bits per heavy atom. The Bertz CT molecular complexity index is 481. The van der Waals surface area contributed by atoms with Crippen LogP contribution >= 0.6 is 0 Å². The molecule has 0 bridgehead atoms. The number of rotatable bonds is 4. The highest BCUT2D eigenvalue weighted by Crippen LogP contribution is 2.26. The van der Waals surface area contributed by atoms with Crippen molar-refractivity contribution in [3.8, 4) is 0 Å². The van der Waals surface area contributed by atoms with Gasteiger partial charge in [-0.1, -0.05) is 0 Å². The largest absolute Gasteiger partial charge is 0.399 e. The lowest BCUT2D eigenvalue weighted by Gasteiger charge is -2.35. The molecular formula is C17H27N3O2. The number of nitrogens with zero attached hydrogens (tertiary/aromatic N) is 2. The molecular weight excluding hydrogens is 278 g/mol. The van der Waals surface area contributed by atoms with Crippen LogP contribution in [0.5, 0.6) is 0 Å². The van der Waals surface area contributed by atoms with Crippen molar-refractivity contribution in [3.05, 3.63) is 23.8 Å². The van der Waals surface area contributed by atoms with E-state index in [0.717, 1.165) is 51.3 Å². The van der Waals surface area contributed by atoms with Crippen molar-refractivity contribution in [2.24, 2.45) is 0 Å². The Morgan fingerprint density at radius 3 is 2.77 bits per heavy atom. The fourth-order valence-corrected chi connectivity index (χ4v) is 3.10. The van der Waals surface area contributed by atoms with Crippen LogP contribution < -0.4 is 10.6 Å². The van der Waals surface area contributed by atoms with Crippen LogP contribution in [0.2, 0.25) is 0 Å². The molecule has 2 heterocycles. The molecule has 122 valence electrons. The molecule has 0 amide bonds. The van der Waals surface area contributed by atoms with Gasteiger partial charge < -0.3 is 25.0 Å². The fourth-order valence-electron chi connectivity index (χ4n) is 3.10. The van der Waals surface area contributed by atoms with E-state index in [0.29, 0.717) is 6.61 Å². The number of piperazine rings is 1. The number of benzene rings is 1. The van der Waals surface area contributed by atoms with Crippen molar-refractivity contribution in [2.75, 3.05) is 50.5 Å². The van der Waals surface area contributed by atoms with E-state index in [-0.39, 0.29) is 6.29 Å². The summed E-state index contributed by atoms with van der Waals surface area (Å²) in [5.41, 5.74) is 9.18. The van der Waals surface area contributed by atoms with Crippen LogP contribution in [0.15, 0.2) is 18.2 Å². The first kappa shape index (κ1) is 15.6. The van der Waals surface area contributed by atoms with Crippen molar-refractivity contribution in [1.29, 1.82) is 0 Å². The van der Waals surface area contributed by atoms with Crippen molar-refractivity contribution in [2.45, 2.75) is 32.2 Å². The SMILES string of the molecule is CN1CCN(c2ccc(N)cc2COC2CCCCO2)CC1. The molecule has 1 aromatic rings. The van der Waals surface area contributed by atoms with Gasteiger partial charge in [0.2, 0.25) is 0 Å². The van der Waals surface area contributed by atoms with Crippen LogP contribution in [-0.2, 0) is 16.1 Å². The average molecular weight is 305 g/mol. The van der Waals surface area contributed by atoms with E-state index in [1.807, 2.05) is 12.1 Å². The number of nitrogen functional groups attached to an aromatic ring is 1. The molecule has 5 nitrogen and oxygen atoms in total. The van der Waals surface area contributed by atoms with Crippen LogP contribution in [0.1, 0.15) is 24.8 Å². The number of nitrogens with two attached hydrogens (primary N) is 1. The normalized spacial score (nSPS) is 23.7. The van der Waals surface area contributed by atoms with Crippen LogP contribution in [-0.4, -0.2) is 51.0 Å².